The van der Waals surface area contributed by atoms with Crippen molar-refractivity contribution in [1.82, 2.24) is 4.98 Å². The van der Waals surface area contributed by atoms with E-state index in [0.717, 1.165) is 0 Å². The van der Waals surface area contributed by atoms with Crippen LogP contribution < -0.4 is 5.73 Å². The van der Waals surface area contributed by atoms with Crippen molar-refractivity contribution in [2.45, 2.75) is 0 Å². The number of nitrogens with zero attached hydrogens (tertiary/aromatic N) is 2. The molecule has 136 valence electrons. The Labute approximate surface area is 141 Å². The number of carbonyl (C=O) groups is 1. The van der Waals surface area contributed by atoms with E-state index in [1.807, 2.05) is 0 Å². The summed E-state index contributed by atoms with van der Waals surface area (Å²) in [5.41, 5.74) is 3.06. The molecule has 11 heteroatoms. The molecule has 0 aliphatic rings. The van der Waals surface area contributed by atoms with E-state index in [-0.39, 0.29) is 12.1 Å². The Balaban J connectivity index is 2.56. The van der Waals surface area contributed by atoms with Crippen LogP contribution in [0.15, 0.2) is 28.8 Å². The minimum absolute atomic E-state index is 0.0966. The monoisotopic (exact) mass is 373 g/mol. The fraction of sp³-hybridized carbons (Fsp3) is 0. The third-order valence-corrected chi connectivity index (χ3v) is 3.00. The van der Waals surface area contributed by atoms with Gasteiger partial charge in [-0.3, -0.25) is 0 Å². The Morgan fingerprint density at radius 1 is 0.962 bits per heavy atom. The van der Waals surface area contributed by atoms with Crippen molar-refractivity contribution in [3.05, 3.63) is 58.4 Å². The Bertz CT molecular complexity index is 960. The van der Waals surface area contributed by atoms with E-state index in [2.05, 4.69) is 9.98 Å². The Hall–Kier alpha value is -3.50. The van der Waals surface area contributed by atoms with Gasteiger partial charge in [-0.2, -0.15) is 0 Å². The number of hydrogen-bond acceptors (Lipinski definition) is 5. The zero-order valence-electron chi connectivity index (χ0n) is 12.5. The molecule has 0 amide bonds. The SMILES string of the molecule is Nc1nc(N=CC(C(=O)O)=C(O)c2cc(F)c(F)cc2F)c(F)cc1F. The summed E-state index contributed by atoms with van der Waals surface area (Å²) in [7, 11) is 0. The number of aliphatic hydroxyl groups is 1. The fourth-order valence-electron chi connectivity index (χ4n) is 1.75. The van der Waals surface area contributed by atoms with E-state index >= 15 is 0 Å². The molecule has 0 spiro atoms. The second-order valence-electron chi connectivity index (χ2n) is 4.73. The zero-order chi connectivity index (χ0) is 19.6. The standard InChI is InChI=1S/C15H8F5N3O3/c16-7-2-9(18)8(17)1-5(7)12(24)6(15(25)26)4-22-14-11(20)3-10(19)13(21)23-14/h1-4,24H,(H2,21,23)(H,25,26). The number of rotatable bonds is 4. The summed E-state index contributed by atoms with van der Waals surface area (Å²) in [6, 6.07) is 0.666. The van der Waals surface area contributed by atoms with Gasteiger partial charge in [-0.1, -0.05) is 0 Å². The highest BCUT2D eigenvalue weighted by molar-refractivity contribution is 6.14. The summed E-state index contributed by atoms with van der Waals surface area (Å²) in [5, 5.41) is 18.9. The van der Waals surface area contributed by atoms with Gasteiger partial charge in [0.25, 0.3) is 0 Å². The first-order valence-corrected chi connectivity index (χ1v) is 6.58. The van der Waals surface area contributed by atoms with Crippen molar-refractivity contribution in [2.75, 3.05) is 5.73 Å². The number of benzene rings is 1. The van der Waals surface area contributed by atoms with Crippen LogP contribution in [0.5, 0.6) is 0 Å². The quantitative estimate of drug-likeness (QED) is 0.251. The molecule has 26 heavy (non-hydrogen) atoms. The summed E-state index contributed by atoms with van der Waals surface area (Å²) < 4.78 is 66.3. The number of aliphatic imine (C=N–C) groups is 1. The summed E-state index contributed by atoms with van der Waals surface area (Å²) in [5.74, 6) is -11.7. The third-order valence-electron chi connectivity index (χ3n) is 3.00. The lowest BCUT2D eigenvalue weighted by Gasteiger charge is -2.06. The van der Waals surface area contributed by atoms with Gasteiger partial charge in [-0.15, -0.1) is 0 Å². The van der Waals surface area contributed by atoms with Crippen molar-refractivity contribution in [3.8, 4) is 0 Å². The molecule has 0 saturated carbocycles. The number of aliphatic hydroxyl groups excluding tert-OH is 1. The van der Waals surface area contributed by atoms with Crippen LogP contribution in [0.4, 0.5) is 33.6 Å². The maximum absolute atomic E-state index is 13.7. The topological polar surface area (TPSA) is 109 Å². The highest BCUT2D eigenvalue weighted by Crippen LogP contribution is 2.23. The van der Waals surface area contributed by atoms with Crippen molar-refractivity contribution in [2.24, 2.45) is 4.99 Å². The molecule has 6 nitrogen and oxygen atoms in total. The van der Waals surface area contributed by atoms with Crippen LogP contribution >= 0.6 is 0 Å². The Morgan fingerprint density at radius 3 is 2.15 bits per heavy atom. The van der Waals surface area contributed by atoms with Crippen LogP contribution in [0.25, 0.3) is 5.76 Å². The van der Waals surface area contributed by atoms with Gasteiger partial charge in [0, 0.05) is 18.3 Å². The molecule has 0 saturated heterocycles. The average molecular weight is 373 g/mol. The van der Waals surface area contributed by atoms with Gasteiger partial charge in [0.15, 0.2) is 34.9 Å². The molecule has 0 aliphatic heterocycles. The number of hydrogen-bond donors (Lipinski definition) is 3. The Kier molecular flexibility index (Phi) is 5.19. The summed E-state index contributed by atoms with van der Waals surface area (Å²) >= 11 is 0. The molecule has 2 rings (SSSR count). The highest BCUT2D eigenvalue weighted by Gasteiger charge is 2.20. The minimum Gasteiger partial charge on any atom is -0.506 e. The van der Waals surface area contributed by atoms with E-state index < -0.39 is 63.6 Å². The molecule has 1 heterocycles. The normalized spacial score (nSPS) is 12.3. The maximum atomic E-state index is 13.7. The van der Waals surface area contributed by atoms with Crippen molar-refractivity contribution < 1.29 is 37.0 Å². The lowest BCUT2D eigenvalue weighted by atomic mass is 10.1. The molecule has 0 unspecified atom stereocenters. The number of anilines is 1. The van der Waals surface area contributed by atoms with Crippen LogP contribution in [0.1, 0.15) is 5.56 Å². The van der Waals surface area contributed by atoms with Gasteiger partial charge in [0.2, 0.25) is 0 Å². The maximum Gasteiger partial charge on any atom is 0.341 e. The highest BCUT2D eigenvalue weighted by atomic mass is 19.2. The van der Waals surface area contributed by atoms with Gasteiger partial charge < -0.3 is 15.9 Å². The number of nitrogens with two attached hydrogens (primary N) is 1. The largest absolute Gasteiger partial charge is 0.506 e. The number of carboxylic acid groups (broad SMARTS) is 1. The predicted molar refractivity (Wildman–Crippen MR) is 80.2 cm³/mol. The molecular weight excluding hydrogens is 365 g/mol. The van der Waals surface area contributed by atoms with Gasteiger partial charge in [0.1, 0.15) is 17.1 Å². The lowest BCUT2D eigenvalue weighted by molar-refractivity contribution is -0.132. The number of pyridine rings is 1. The third kappa shape index (κ3) is 3.77. The molecule has 1 aromatic heterocycles. The number of carboxylic acids is 1. The molecule has 4 N–H and O–H groups in total. The molecule has 1 aromatic carbocycles. The summed E-state index contributed by atoms with van der Waals surface area (Å²) in [6.45, 7) is 0. The molecule has 0 fully saturated rings. The molecule has 0 radical (unpaired) electrons. The van der Waals surface area contributed by atoms with Crippen molar-refractivity contribution >= 4 is 29.6 Å². The summed E-state index contributed by atoms with van der Waals surface area (Å²) in [6.07, 6.45) is 0.362. The van der Waals surface area contributed by atoms with Gasteiger partial charge in [0.05, 0.1) is 5.56 Å². The second kappa shape index (κ2) is 7.17. The van der Waals surface area contributed by atoms with Gasteiger partial charge in [-0.05, 0) is 6.07 Å². The lowest BCUT2D eigenvalue weighted by Crippen LogP contribution is -2.07. The first-order valence-electron chi connectivity index (χ1n) is 6.58. The minimum atomic E-state index is -1.86. The van der Waals surface area contributed by atoms with Crippen LogP contribution in [0.3, 0.4) is 0 Å². The first-order chi connectivity index (χ1) is 12.1. The molecule has 0 atom stereocenters. The molecule has 0 aliphatic carbocycles. The van der Waals surface area contributed by atoms with E-state index in [9.17, 15) is 31.9 Å². The van der Waals surface area contributed by atoms with Crippen LogP contribution in [0, 0.1) is 29.1 Å². The van der Waals surface area contributed by atoms with Crippen molar-refractivity contribution in [1.29, 1.82) is 0 Å². The van der Waals surface area contributed by atoms with E-state index in [0.29, 0.717) is 12.3 Å². The molecular formula is C15H8F5N3O3. The number of aromatic nitrogens is 1. The number of nitrogen functional groups attached to an aromatic ring is 1. The predicted octanol–water partition coefficient (Wildman–Crippen LogP) is 3.12. The van der Waals surface area contributed by atoms with E-state index in [1.165, 1.54) is 0 Å². The smallest absolute Gasteiger partial charge is 0.341 e. The van der Waals surface area contributed by atoms with Crippen LogP contribution in [0.2, 0.25) is 0 Å². The van der Waals surface area contributed by atoms with Gasteiger partial charge >= 0.3 is 5.97 Å². The first kappa shape index (κ1) is 18.8. The van der Waals surface area contributed by atoms with E-state index in [1.54, 1.807) is 0 Å². The Morgan fingerprint density at radius 2 is 1.54 bits per heavy atom. The van der Waals surface area contributed by atoms with E-state index in [4.69, 9.17) is 10.8 Å². The number of aliphatic carboxylic acids is 1. The van der Waals surface area contributed by atoms with Gasteiger partial charge in [-0.25, -0.2) is 36.7 Å². The zero-order valence-corrected chi connectivity index (χ0v) is 12.5. The second-order valence-corrected chi connectivity index (χ2v) is 4.73. The summed E-state index contributed by atoms with van der Waals surface area (Å²) in [4.78, 5) is 17.7. The number of halogens is 5. The van der Waals surface area contributed by atoms with Crippen molar-refractivity contribution in [3.63, 3.8) is 0 Å². The van der Waals surface area contributed by atoms with Crippen LogP contribution in [-0.2, 0) is 4.79 Å². The van der Waals surface area contributed by atoms with Crippen LogP contribution in [-0.4, -0.2) is 27.4 Å². The molecule has 2 aromatic rings. The average Bonchev–Trinajstić information content (AvgIpc) is 2.55. The molecule has 0 bridgehead atoms. The fourth-order valence-corrected chi connectivity index (χ4v) is 1.75.